The Morgan fingerprint density at radius 3 is 2.18 bits per heavy atom. The van der Waals surface area contributed by atoms with Gasteiger partial charge in [0.1, 0.15) is 12.4 Å². The van der Waals surface area contributed by atoms with Gasteiger partial charge in [0.15, 0.2) is 8.32 Å². The predicted molar refractivity (Wildman–Crippen MR) is 92.3 cm³/mol. The van der Waals surface area contributed by atoms with Gasteiger partial charge in [0.2, 0.25) is 0 Å². The molecule has 2 aromatic carbocycles. The molecular formula is C19H20O2Si. The highest BCUT2D eigenvalue weighted by Gasteiger charge is 2.21. The lowest BCUT2D eigenvalue weighted by atomic mass is 10.1. The van der Waals surface area contributed by atoms with Crippen molar-refractivity contribution >= 4 is 14.6 Å². The van der Waals surface area contributed by atoms with Crippen LogP contribution in [0.3, 0.4) is 0 Å². The fourth-order valence-electron chi connectivity index (χ4n) is 1.95. The van der Waals surface area contributed by atoms with Crippen molar-refractivity contribution in [3.05, 3.63) is 71.3 Å². The van der Waals surface area contributed by atoms with Gasteiger partial charge in [0, 0.05) is 11.1 Å². The minimum Gasteiger partial charge on any atom is -0.400 e. The van der Waals surface area contributed by atoms with Gasteiger partial charge in [-0.3, -0.25) is 4.79 Å². The average molecular weight is 308 g/mol. The van der Waals surface area contributed by atoms with Crippen molar-refractivity contribution in [3.63, 3.8) is 0 Å². The molecule has 2 nitrogen and oxygen atoms in total. The molecule has 1 unspecified atom stereocenters. The van der Waals surface area contributed by atoms with Gasteiger partial charge < -0.3 is 4.43 Å². The van der Waals surface area contributed by atoms with E-state index in [1.165, 1.54) is 0 Å². The van der Waals surface area contributed by atoms with E-state index in [0.29, 0.717) is 5.56 Å². The number of carbonyl (C=O) groups excluding carboxylic acids is 1. The molecule has 0 heterocycles. The largest absolute Gasteiger partial charge is 0.400 e. The molecular weight excluding hydrogens is 288 g/mol. The monoisotopic (exact) mass is 308 g/mol. The smallest absolute Gasteiger partial charge is 0.185 e. The van der Waals surface area contributed by atoms with E-state index in [1.807, 2.05) is 42.5 Å². The van der Waals surface area contributed by atoms with Crippen LogP contribution in [0.2, 0.25) is 19.6 Å². The summed E-state index contributed by atoms with van der Waals surface area (Å²) in [5.41, 5.74) is 2.61. The molecule has 0 N–H and O–H groups in total. The van der Waals surface area contributed by atoms with Crippen LogP contribution in [0, 0.1) is 11.8 Å². The molecule has 0 aliphatic rings. The van der Waals surface area contributed by atoms with Crippen molar-refractivity contribution in [1.29, 1.82) is 0 Å². The third kappa shape index (κ3) is 4.99. The molecule has 0 aliphatic heterocycles. The summed E-state index contributed by atoms with van der Waals surface area (Å²) in [5.74, 6) is 6.39. The van der Waals surface area contributed by atoms with Gasteiger partial charge in [0.25, 0.3) is 0 Å². The van der Waals surface area contributed by atoms with Gasteiger partial charge in [0.05, 0.1) is 0 Å². The van der Waals surface area contributed by atoms with Gasteiger partial charge in [-0.05, 0) is 37.3 Å². The summed E-state index contributed by atoms with van der Waals surface area (Å²) in [4.78, 5) is 10.8. The normalized spacial score (nSPS) is 12.1. The maximum absolute atomic E-state index is 10.8. The Kier molecular flexibility index (Phi) is 5.32. The summed E-state index contributed by atoms with van der Waals surface area (Å²) in [6, 6.07) is 17.3. The number of rotatable bonds is 4. The van der Waals surface area contributed by atoms with Crippen molar-refractivity contribution in [2.75, 3.05) is 0 Å². The van der Waals surface area contributed by atoms with E-state index in [1.54, 1.807) is 12.1 Å². The standard InChI is InChI=1S/C19H20O2Si/c1-22(2,3)21-19(14-11-16-7-5-4-6-8-16)18-12-9-17(15-20)10-13-18/h4-10,12-13,15,19H,1-3H3. The molecule has 0 aromatic heterocycles. The van der Waals surface area contributed by atoms with Crippen LogP contribution in [0.1, 0.15) is 27.6 Å². The van der Waals surface area contributed by atoms with Gasteiger partial charge in [-0.15, -0.1) is 0 Å². The van der Waals surface area contributed by atoms with Crippen molar-refractivity contribution in [2.24, 2.45) is 0 Å². The lowest BCUT2D eigenvalue weighted by Crippen LogP contribution is -2.27. The molecule has 0 saturated carbocycles. The minimum absolute atomic E-state index is 0.271. The second-order valence-electron chi connectivity index (χ2n) is 6.03. The SMILES string of the molecule is C[Si](C)(C)OC(C#Cc1ccccc1)c1ccc(C=O)cc1. The highest BCUT2D eigenvalue weighted by Crippen LogP contribution is 2.22. The van der Waals surface area contributed by atoms with Gasteiger partial charge >= 0.3 is 0 Å². The van der Waals surface area contributed by atoms with E-state index in [0.717, 1.165) is 17.4 Å². The third-order valence-corrected chi connectivity index (χ3v) is 3.91. The van der Waals surface area contributed by atoms with Crippen LogP contribution in [0.25, 0.3) is 0 Å². The first kappa shape index (κ1) is 16.2. The Hall–Kier alpha value is -2.15. The summed E-state index contributed by atoms with van der Waals surface area (Å²) < 4.78 is 6.20. The molecule has 0 fully saturated rings. The zero-order valence-corrected chi connectivity index (χ0v) is 14.2. The molecule has 0 amide bonds. The topological polar surface area (TPSA) is 26.3 Å². The molecule has 0 radical (unpaired) electrons. The molecule has 1 atom stereocenters. The number of hydrogen-bond acceptors (Lipinski definition) is 2. The number of aldehydes is 1. The first-order valence-electron chi connectivity index (χ1n) is 7.27. The van der Waals surface area contributed by atoms with E-state index in [2.05, 4.69) is 31.5 Å². The maximum Gasteiger partial charge on any atom is 0.185 e. The third-order valence-electron chi connectivity index (χ3n) is 2.97. The molecule has 0 spiro atoms. The minimum atomic E-state index is -1.74. The summed E-state index contributed by atoms with van der Waals surface area (Å²) in [6.07, 6.45) is 0.570. The Morgan fingerprint density at radius 1 is 1.00 bits per heavy atom. The van der Waals surface area contributed by atoms with E-state index >= 15 is 0 Å². The average Bonchev–Trinajstić information content (AvgIpc) is 2.51. The maximum atomic E-state index is 10.8. The van der Waals surface area contributed by atoms with E-state index in [9.17, 15) is 4.79 Å². The molecule has 0 bridgehead atoms. The number of benzene rings is 2. The van der Waals surface area contributed by atoms with Gasteiger partial charge in [-0.2, -0.15) is 0 Å². The first-order chi connectivity index (χ1) is 10.5. The van der Waals surface area contributed by atoms with Crippen LogP contribution < -0.4 is 0 Å². The molecule has 2 rings (SSSR count). The first-order valence-corrected chi connectivity index (χ1v) is 10.7. The Labute approximate surface area is 133 Å². The quantitative estimate of drug-likeness (QED) is 0.474. The van der Waals surface area contributed by atoms with Crippen molar-refractivity contribution in [1.82, 2.24) is 0 Å². The Bertz CT molecular complexity index is 673. The zero-order chi connectivity index (χ0) is 16.0. The van der Waals surface area contributed by atoms with Crippen LogP contribution >= 0.6 is 0 Å². The van der Waals surface area contributed by atoms with E-state index in [4.69, 9.17) is 4.43 Å². The fourth-order valence-corrected chi connectivity index (χ4v) is 2.86. The van der Waals surface area contributed by atoms with Crippen molar-refractivity contribution < 1.29 is 9.22 Å². The molecule has 0 saturated heterocycles. The molecule has 22 heavy (non-hydrogen) atoms. The lowest BCUT2D eigenvalue weighted by Gasteiger charge is -2.23. The molecule has 112 valence electrons. The highest BCUT2D eigenvalue weighted by atomic mass is 28.4. The van der Waals surface area contributed by atoms with Gasteiger partial charge in [-0.1, -0.05) is 54.3 Å². The molecule has 2 aromatic rings. The summed E-state index contributed by atoms with van der Waals surface area (Å²) >= 11 is 0. The van der Waals surface area contributed by atoms with E-state index in [-0.39, 0.29) is 6.10 Å². The zero-order valence-electron chi connectivity index (χ0n) is 13.2. The number of hydrogen-bond donors (Lipinski definition) is 0. The Balaban J connectivity index is 2.30. The van der Waals surface area contributed by atoms with Crippen molar-refractivity contribution in [3.8, 4) is 11.8 Å². The Morgan fingerprint density at radius 2 is 1.64 bits per heavy atom. The number of carbonyl (C=O) groups is 1. The fraction of sp³-hybridized carbons (Fsp3) is 0.211. The second kappa shape index (κ2) is 7.21. The van der Waals surface area contributed by atoms with Crippen LogP contribution in [-0.4, -0.2) is 14.6 Å². The van der Waals surface area contributed by atoms with E-state index < -0.39 is 8.32 Å². The van der Waals surface area contributed by atoms with Crippen LogP contribution in [0.15, 0.2) is 54.6 Å². The summed E-state index contributed by atoms with van der Waals surface area (Å²) in [6.45, 7) is 6.43. The second-order valence-corrected chi connectivity index (χ2v) is 10.5. The lowest BCUT2D eigenvalue weighted by molar-refractivity contribution is 0.112. The van der Waals surface area contributed by atoms with Crippen LogP contribution in [-0.2, 0) is 4.43 Å². The van der Waals surface area contributed by atoms with Gasteiger partial charge in [-0.25, -0.2) is 0 Å². The summed E-state index contributed by atoms with van der Waals surface area (Å²) in [7, 11) is -1.74. The predicted octanol–water partition coefficient (Wildman–Crippen LogP) is 4.44. The van der Waals surface area contributed by atoms with Crippen molar-refractivity contribution in [2.45, 2.75) is 25.7 Å². The summed E-state index contributed by atoms with van der Waals surface area (Å²) in [5, 5.41) is 0. The van der Waals surface area contributed by atoms with Crippen LogP contribution in [0.5, 0.6) is 0 Å². The highest BCUT2D eigenvalue weighted by molar-refractivity contribution is 6.69. The van der Waals surface area contributed by atoms with Crippen LogP contribution in [0.4, 0.5) is 0 Å². The molecule has 3 heteroatoms. The molecule has 0 aliphatic carbocycles.